The number of benzene rings is 1. The van der Waals surface area contributed by atoms with E-state index in [9.17, 15) is 9.18 Å². The molecule has 2 aliphatic rings. The van der Waals surface area contributed by atoms with Gasteiger partial charge in [0.05, 0.1) is 18.8 Å². The number of aromatic nitrogens is 2. The molecule has 0 radical (unpaired) electrons. The van der Waals surface area contributed by atoms with Crippen molar-refractivity contribution in [1.82, 2.24) is 20.4 Å². The molecule has 1 amide bonds. The van der Waals surface area contributed by atoms with Crippen molar-refractivity contribution in [3.63, 3.8) is 0 Å². The molecule has 2 aliphatic heterocycles. The van der Waals surface area contributed by atoms with Gasteiger partial charge in [0.2, 0.25) is 5.91 Å². The molecular formula is C23H29FN6O. The minimum Gasteiger partial charge on any atom is -0.361 e. The molecule has 7 nitrogen and oxygen atoms in total. The number of amides is 1. The molecule has 31 heavy (non-hydrogen) atoms. The minimum absolute atomic E-state index is 0.000850. The highest BCUT2D eigenvalue weighted by molar-refractivity contribution is 5.98. The number of fused-ring (bicyclic) bond motifs is 1. The quantitative estimate of drug-likeness (QED) is 0.773. The van der Waals surface area contributed by atoms with Crippen LogP contribution in [0.3, 0.4) is 0 Å². The molecule has 0 spiro atoms. The van der Waals surface area contributed by atoms with Gasteiger partial charge in [-0.1, -0.05) is 6.07 Å². The number of amidine groups is 1. The van der Waals surface area contributed by atoms with Crippen LogP contribution in [0.1, 0.15) is 38.3 Å². The van der Waals surface area contributed by atoms with Crippen LogP contribution in [0.4, 0.5) is 10.1 Å². The lowest BCUT2D eigenvalue weighted by Crippen LogP contribution is -2.45. The molecule has 2 aromatic rings. The maximum Gasteiger partial charge on any atom is 0.224 e. The van der Waals surface area contributed by atoms with Crippen LogP contribution in [-0.4, -0.2) is 47.7 Å². The second-order valence-corrected chi connectivity index (χ2v) is 8.11. The van der Waals surface area contributed by atoms with Crippen LogP contribution in [0, 0.1) is 0 Å². The number of dihydropyridines is 1. The minimum atomic E-state index is -0.309. The fraction of sp³-hybridized carbons (Fsp3) is 0.435. The topological polar surface area (TPSA) is 74.6 Å². The van der Waals surface area contributed by atoms with Crippen LogP contribution in [0.15, 0.2) is 47.5 Å². The Labute approximate surface area is 182 Å². The maximum atomic E-state index is 14.3. The highest BCUT2D eigenvalue weighted by Gasteiger charge is 2.33. The molecular weight excluding hydrogens is 395 g/mol. The second kappa shape index (κ2) is 9.01. The number of hydrogen-bond acceptors (Lipinski definition) is 5. The molecule has 2 N–H and O–H groups in total. The predicted octanol–water partition coefficient (Wildman–Crippen LogP) is 3.20. The number of rotatable bonds is 5. The van der Waals surface area contributed by atoms with E-state index in [0.29, 0.717) is 25.2 Å². The zero-order chi connectivity index (χ0) is 22.0. The first-order valence-electron chi connectivity index (χ1n) is 10.8. The second-order valence-electron chi connectivity index (χ2n) is 8.11. The first-order chi connectivity index (χ1) is 15.0. The Morgan fingerprint density at radius 3 is 2.90 bits per heavy atom. The number of nitrogens with zero attached hydrogens (tertiary/aromatic N) is 4. The van der Waals surface area contributed by atoms with Crippen molar-refractivity contribution in [3.8, 4) is 11.1 Å². The molecule has 4 rings (SSSR count). The van der Waals surface area contributed by atoms with Gasteiger partial charge in [0.15, 0.2) is 11.7 Å². The molecule has 0 fully saturated rings. The summed E-state index contributed by atoms with van der Waals surface area (Å²) in [7, 11) is 1.91. The van der Waals surface area contributed by atoms with Gasteiger partial charge in [-0.25, -0.2) is 4.39 Å². The van der Waals surface area contributed by atoms with E-state index >= 15 is 0 Å². The van der Waals surface area contributed by atoms with E-state index < -0.39 is 0 Å². The summed E-state index contributed by atoms with van der Waals surface area (Å²) in [5.41, 5.74) is 3.85. The van der Waals surface area contributed by atoms with Crippen LogP contribution in [-0.2, 0) is 11.3 Å². The number of hydrogen-bond donors (Lipinski definition) is 2. The first-order valence-corrected chi connectivity index (χ1v) is 10.8. The monoisotopic (exact) mass is 424 g/mol. The van der Waals surface area contributed by atoms with Gasteiger partial charge in [-0.2, -0.15) is 5.10 Å². The van der Waals surface area contributed by atoms with Gasteiger partial charge in [-0.3, -0.25) is 14.5 Å². The fourth-order valence-corrected chi connectivity index (χ4v) is 4.34. The molecule has 3 heterocycles. The van der Waals surface area contributed by atoms with E-state index in [4.69, 9.17) is 0 Å². The zero-order valence-corrected chi connectivity index (χ0v) is 18.2. The molecule has 0 aliphatic carbocycles. The van der Waals surface area contributed by atoms with Gasteiger partial charge in [0.25, 0.3) is 0 Å². The Hall–Kier alpha value is -3.00. The van der Waals surface area contributed by atoms with Gasteiger partial charge in [-0.05, 0) is 56.1 Å². The van der Waals surface area contributed by atoms with Gasteiger partial charge < -0.3 is 15.5 Å². The summed E-state index contributed by atoms with van der Waals surface area (Å²) < 4.78 is 16.2. The number of carbonyl (C=O) groups is 1. The third-order valence-electron chi connectivity index (χ3n) is 5.84. The van der Waals surface area contributed by atoms with Gasteiger partial charge in [-0.15, -0.1) is 0 Å². The summed E-state index contributed by atoms with van der Waals surface area (Å²) in [6, 6.07) is 5.93. The highest BCUT2D eigenvalue weighted by atomic mass is 19.1. The van der Waals surface area contributed by atoms with Crippen molar-refractivity contribution in [1.29, 1.82) is 0 Å². The van der Waals surface area contributed by atoms with Crippen molar-refractivity contribution < 1.29 is 9.18 Å². The van der Waals surface area contributed by atoms with Crippen molar-refractivity contribution in [2.75, 3.05) is 25.0 Å². The molecule has 1 aromatic carbocycles. The summed E-state index contributed by atoms with van der Waals surface area (Å²) >= 11 is 0. The Morgan fingerprint density at radius 1 is 1.32 bits per heavy atom. The Morgan fingerprint density at radius 2 is 2.16 bits per heavy atom. The average molecular weight is 425 g/mol. The summed E-state index contributed by atoms with van der Waals surface area (Å²) in [6.45, 7) is 5.81. The SMILES string of the molecule is CNCCn1cc(-c2ccc3c(c2)[C@H](NC2=NCCC=C2F)C[C@H](C)N3C(C)=O)cn1. The van der Waals surface area contributed by atoms with Crippen LogP contribution in [0.5, 0.6) is 0 Å². The molecule has 0 saturated carbocycles. The van der Waals surface area contributed by atoms with Gasteiger partial charge >= 0.3 is 0 Å². The molecule has 1 aromatic heterocycles. The van der Waals surface area contributed by atoms with E-state index in [0.717, 1.165) is 35.5 Å². The van der Waals surface area contributed by atoms with Crippen LogP contribution in [0.25, 0.3) is 11.1 Å². The number of aliphatic imine (C=N–C) groups is 1. The fourth-order valence-electron chi connectivity index (χ4n) is 4.34. The average Bonchev–Trinajstić information content (AvgIpc) is 3.22. The largest absolute Gasteiger partial charge is 0.361 e. The number of anilines is 1. The highest BCUT2D eigenvalue weighted by Crippen LogP contribution is 2.40. The number of carbonyl (C=O) groups excluding carboxylic acids is 1. The van der Waals surface area contributed by atoms with Gasteiger partial charge in [0, 0.05) is 43.5 Å². The molecule has 0 saturated heterocycles. The van der Waals surface area contributed by atoms with Crippen LogP contribution < -0.4 is 15.5 Å². The van der Waals surface area contributed by atoms with Crippen LogP contribution in [0.2, 0.25) is 0 Å². The first kappa shape index (κ1) is 21.2. The number of nitrogens with one attached hydrogen (secondary N) is 2. The van der Waals surface area contributed by atoms with Gasteiger partial charge in [0.1, 0.15) is 0 Å². The standard InChI is InChI=1S/C23H29FN6O/c1-15-11-21(28-23-20(24)5-4-8-26-23)19-12-17(6-7-22(19)30(15)16(2)31)18-13-27-29(14-18)10-9-25-3/h5-7,12-15,21,25H,4,8-11H2,1-3H3,(H,26,28)/t15-,21+/m0/s1. The Kier molecular flexibility index (Phi) is 6.18. The molecule has 164 valence electrons. The summed E-state index contributed by atoms with van der Waals surface area (Å²) in [5, 5.41) is 10.9. The lowest BCUT2D eigenvalue weighted by molar-refractivity contribution is -0.117. The number of likely N-dealkylation sites (N-methyl/N-ethyl adjacent to an activating group) is 1. The number of halogens is 1. The molecule has 8 heteroatoms. The maximum absolute atomic E-state index is 14.3. The molecule has 0 unspecified atom stereocenters. The molecule has 0 bridgehead atoms. The predicted molar refractivity (Wildman–Crippen MR) is 121 cm³/mol. The zero-order valence-electron chi connectivity index (χ0n) is 18.2. The van der Waals surface area contributed by atoms with Crippen molar-refractivity contribution >= 4 is 17.4 Å². The normalized spacial score (nSPS) is 20.7. The van der Waals surface area contributed by atoms with Crippen molar-refractivity contribution in [2.24, 2.45) is 4.99 Å². The molecule has 2 atom stereocenters. The van der Waals surface area contributed by atoms with Crippen LogP contribution >= 0.6 is 0 Å². The third-order valence-corrected chi connectivity index (χ3v) is 5.84. The lowest BCUT2D eigenvalue weighted by atomic mass is 9.89. The smallest absolute Gasteiger partial charge is 0.224 e. The summed E-state index contributed by atoms with van der Waals surface area (Å²) in [5.74, 6) is -0.00621. The summed E-state index contributed by atoms with van der Waals surface area (Å²) in [6.07, 6.45) is 6.73. The Balaban J connectivity index is 1.70. The van der Waals surface area contributed by atoms with E-state index in [1.54, 1.807) is 13.0 Å². The summed E-state index contributed by atoms with van der Waals surface area (Å²) in [4.78, 5) is 18.5. The third kappa shape index (κ3) is 4.39. The lowest BCUT2D eigenvalue weighted by Gasteiger charge is -2.39. The van der Waals surface area contributed by atoms with E-state index in [-0.39, 0.29) is 23.8 Å². The van der Waals surface area contributed by atoms with Crippen molar-refractivity contribution in [3.05, 3.63) is 48.1 Å². The van der Waals surface area contributed by atoms with E-state index in [2.05, 4.69) is 26.8 Å². The van der Waals surface area contributed by atoms with E-state index in [1.807, 2.05) is 48.1 Å². The van der Waals surface area contributed by atoms with E-state index in [1.165, 1.54) is 0 Å². The Bertz CT molecular complexity index is 1030. The van der Waals surface area contributed by atoms with Crippen molar-refractivity contribution in [2.45, 2.75) is 45.3 Å².